The van der Waals surface area contributed by atoms with Crippen LogP contribution in [-0.4, -0.2) is 36.8 Å². The number of rotatable bonds is 9. The molecule has 0 aliphatic carbocycles. The number of unbranched alkanes of at least 4 members (excludes halogenated alkanes) is 1. The number of hydrogen-bond donors (Lipinski definition) is 4. The highest BCUT2D eigenvalue weighted by atomic mass is 16.5. The van der Waals surface area contributed by atoms with Crippen LogP contribution in [0.5, 0.6) is 11.5 Å². The summed E-state index contributed by atoms with van der Waals surface area (Å²) in [5, 5.41) is 19.8. The lowest BCUT2D eigenvalue weighted by Gasteiger charge is -2.27. The molecule has 1 saturated heterocycles. The van der Waals surface area contributed by atoms with Gasteiger partial charge in [0.15, 0.2) is 5.75 Å². The van der Waals surface area contributed by atoms with Crippen molar-refractivity contribution in [3.05, 3.63) is 48.0 Å². The second-order valence-electron chi connectivity index (χ2n) is 7.09. The van der Waals surface area contributed by atoms with Crippen molar-refractivity contribution in [1.29, 1.82) is 0 Å². The highest BCUT2D eigenvalue weighted by molar-refractivity contribution is 5.92. The number of aromatic carboxylic acids is 1. The number of carboxylic acids is 1. The predicted octanol–water partition coefficient (Wildman–Crippen LogP) is 4.55. The summed E-state index contributed by atoms with van der Waals surface area (Å²) in [6.45, 7) is 4.75. The predicted molar refractivity (Wildman–Crippen MR) is 113 cm³/mol. The molecule has 4 N–H and O–H groups in total. The first-order valence-electron chi connectivity index (χ1n) is 10.0. The van der Waals surface area contributed by atoms with E-state index in [0.29, 0.717) is 22.9 Å². The Morgan fingerprint density at radius 3 is 2.71 bits per heavy atom. The minimum atomic E-state index is -0.949. The van der Waals surface area contributed by atoms with E-state index in [2.05, 4.69) is 22.9 Å². The van der Waals surface area contributed by atoms with E-state index in [1.54, 1.807) is 12.1 Å². The van der Waals surface area contributed by atoms with Crippen molar-refractivity contribution in [2.45, 2.75) is 38.6 Å². The van der Waals surface area contributed by atoms with E-state index in [-0.39, 0.29) is 11.6 Å². The van der Waals surface area contributed by atoms with Gasteiger partial charge in [0.1, 0.15) is 5.75 Å². The minimum absolute atomic E-state index is 0.236. The normalized spacial score (nSPS) is 16.4. The van der Waals surface area contributed by atoms with Crippen LogP contribution >= 0.6 is 0 Å². The fourth-order valence-electron chi connectivity index (χ4n) is 3.30. The summed E-state index contributed by atoms with van der Waals surface area (Å²) >= 11 is 0. The number of ether oxygens (including phenoxy) is 1. The molecular weight excluding hydrogens is 354 g/mol. The Labute approximate surface area is 166 Å². The molecule has 6 heteroatoms. The molecule has 28 heavy (non-hydrogen) atoms. The first kappa shape index (κ1) is 20.0. The molecule has 1 aliphatic heterocycles. The topological polar surface area (TPSA) is 82.6 Å². The van der Waals surface area contributed by atoms with Gasteiger partial charge in [-0.3, -0.25) is 0 Å². The van der Waals surface area contributed by atoms with Gasteiger partial charge in [0.2, 0.25) is 0 Å². The Morgan fingerprint density at radius 2 is 2.04 bits per heavy atom. The number of carboxylic acid groups (broad SMARTS) is 1. The molecule has 2 aromatic rings. The van der Waals surface area contributed by atoms with Crippen LogP contribution in [-0.2, 0) is 0 Å². The van der Waals surface area contributed by atoms with Crippen molar-refractivity contribution in [2.24, 2.45) is 0 Å². The van der Waals surface area contributed by atoms with Gasteiger partial charge in [-0.1, -0.05) is 31.5 Å². The van der Waals surface area contributed by atoms with Crippen molar-refractivity contribution >= 4 is 17.3 Å². The van der Waals surface area contributed by atoms with E-state index >= 15 is 0 Å². The third-order valence-electron chi connectivity index (χ3n) is 4.80. The third kappa shape index (κ3) is 5.39. The maximum absolute atomic E-state index is 11.7. The van der Waals surface area contributed by atoms with Crippen LogP contribution < -0.4 is 20.7 Å². The molecule has 1 unspecified atom stereocenters. The largest absolute Gasteiger partial charge is 0.478 e. The van der Waals surface area contributed by atoms with E-state index in [9.17, 15) is 9.90 Å². The van der Waals surface area contributed by atoms with Crippen molar-refractivity contribution < 1.29 is 14.6 Å². The van der Waals surface area contributed by atoms with Crippen molar-refractivity contribution in [3.63, 3.8) is 0 Å². The lowest BCUT2D eigenvalue weighted by Crippen LogP contribution is -2.38. The van der Waals surface area contributed by atoms with Gasteiger partial charge in [-0.15, -0.1) is 0 Å². The van der Waals surface area contributed by atoms with Gasteiger partial charge in [-0.05, 0) is 50.1 Å². The summed E-state index contributed by atoms with van der Waals surface area (Å²) in [4.78, 5) is 11.7. The highest BCUT2D eigenvalue weighted by Crippen LogP contribution is 2.39. The Bertz CT molecular complexity index is 774. The minimum Gasteiger partial charge on any atom is -0.478 e. The number of carbonyl (C=O) groups is 1. The monoisotopic (exact) mass is 383 g/mol. The van der Waals surface area contributed by atoms with Gasteiger partial charge >= 0.3 is 5.97 Å². The molecule has 150 valence electrons. The van der Waals surface area contributed by atoms with Crippen LogP contribution in [0.4, 0.5) is 11.4 Å². The molecule has 1 aliphatic rings. The maximum Gasteiger partial charge on any atom is 0.335 e. The summed E-state index contributed by atoms with van der Waals surface area (Å²) < 4.78 is 6.21. The molecular formula is C22H29N3O3. The Hall–Kier alpha value is -2.73. The standard InChI is InChI=1S/C22H29N3O3/c1-2-3-12-24-19-13-16(22(26)27)14-20(25-17-8-7-11-23-15-17)21(19)28-18-9-5-4-6-10-18/h4-6,9-10,13-14,17,23-25H,2-3,7-8,11-12,15H2,1H3,(H,26,27). The number of para-hydroxylation sites is 1. The molecule has 1 heterocycles. The number of piperidine rings is 1. The molecule has 2 aromatic carbocycles. The number of hydrogen-bond acceptors (Lipinski definition) is 5. The second-order valence-corrected chi connectivity index (χ2v) is 7.09. The van der Waals surface area contributed by atoms with Crippen molar-refractivity contribution in [1.82, 2.24) is 5.32 Å². The summed E-state index contributed by atoms with van der Waals surface area (Å²) in [5.74, 6) is 0.404. The fourth-order valence-corrected chi connectivity index (χ4v) is 3.30. The SMILES string of the molecule is CCCCNc1cc(C(=O)O)cc(NC2CCCNC2)c1Oc1ccccc1. The zero-order chi connectivity index (χ0) is 19.8. The van der Waals surface area contributed by atoms with Crippen LogP contribution in [0.15, 0.2) is 42.5 Å². The van der Waals surface area contributed by atoms with Gasteiger partial charge in [0.05, 0.1) is 16.9 Å². The van der Waals surface area contributed by atoms with Crippen LogP contribution in [0.3, 0.4) is 0 Å². The molecule has 0 aromatic heterocycles. The molecule has 0 amide bonds. The van der Waals surface area contributed by atoms with Gasteiger partial charge in [0, 0.05) is 19.1 Å². The Balaban J connectivity index is 1.97. The maximum atomic E-state index is 11.7. The van der Waals surface area contributed by atoms with E-state index in [1.165, 1.54) is 0 Å². The van der Waals surface area contributed by atoms with Crippen LogP contribution in [0.25, 0.3) is 0 Å². The van der Waals surface area contributed by atoms with Crippen LogP contribution in [0.2, 0.25) is 0 Å². The Morgan fingerprint density at radius 1 is 1.25 bits per heavy atom. The smallest absolute Gasteiger partial charge is 0.335 e. The number of anilines is 2. The average Bonchev–Trinajstić information content (AvgIpc) is 2.71. The fraction of sp³-hybridized carbons (Fsp3) is 0.409. The number of nitrogens with one attached hydrogen (secondary N) is 3. The van der Waals surface area contributed by atoms with Crippen molar-refractivity contribution in [3.8, 4) is 11.5 Å². The number of benzene rings is 2. The molecule has 0 radical (unpaired) electrons. The van der Waals surface area contributed by atoms with Gasteiger partial charge in [0.25, 0.3) is 0 Å². The first-order chi connectivity index (χ1) is 13.7. The summed E-state index contributed by atoms with van der Waals surface area (Å²) in [6.07, 6.45) is 4.18. The molecule has 1 fully saturated rings. The van der Waals surface area contributed by atoms with E-state index in [4.69, 9.17) is 4.74 Å². The second kappa shape index (κ2) is 9.99. The molecule has 6 nitrogen and oxygen atoms in total. The Kier molecular flexibility index (Phi) is 7.14. The molecule has 0 bridgehead atoms. The zero-order valence-corrected chi connectivity index (χ0v) is 16.3. The quantitative estimate of drug-likeness (QED) is 0.476. The lowest BCUT2D eigenvalue weighted by molar-refractivity contribution is 0.0697. The molecule has 3 rings (SSSR count). The third-order valence-corrected chi connectivity index (χ3v) is 4.80. The van der Waals surface area contributed by atoms with Crippen molar-refractivity contribution in [2.75, 3.05) is 30.3 Å². The molecule has 1 atom stereocenters. The molecule has 0 spiro atoms. The van der Waals surface area contributed by atoms with Gasteiger partial charge < -0.3 is 25.8 Å². The lowest BCUT2D eigenvalue weighted by atomic mass is 10.1. The first-order valence-corrected chi connectivity index (χ1v) is 10.0. The van der Waals surface area contributed by atoms with Gasteiger partial charge in [-0.25, -0.2) is 4.79 Å². The highest BCUT2D eigenvalue weighted by Gasteiger charge is 2.20. The summed E-state index contributed by atoms with van der Waals surface area (Å²) in [6, 6.07) is 13.1. The molecule has 0 saturated carbocycles. The van der Waals surface area contributed by atoms with E-state index < -0.39 is 5.97 Å². The van der Waals surface area contributed by atoms with Crippen LogP contribution in [0.1, 0.15) is 43.0 Å². The zero-order valence-electron chi connectivity index (χ0n) is 16.3. The van der Waals surface area contributed by atoms with E-state index in [0.717, 1.165) is 45.3 Å². The van der Waals surface area contributed by atoms with E-state index in [1.807, 2.05) is 30.3 Å². The van der Waals surface area contributed by atoms with Crippen LogP contribution in [0, 0.1) is 0 Å². The van der Waals surface area contributed by atoms with Gasteiger partial charge in [-0.2, -0.15) is 0 Å². The summed E-state index contributed by atoms with van der Waals surface area (Å²) in [7, 11) is 0. The summed E-state index contributed by atoms with van der Waals surface area (Å²) in [5.41, 5.74) is 1.64. The average molecular weight is 383 g/mol.